The van der Waals surface area contributed by atoms with E-state index in [9.17, 15) is 0 Å². The van der Waals surface area contributed by atoms with E-state index in [0.717, 1.165) is 28.6 Å². The molecule has 2 rings (SSSR count). The predicted molar refractivity (Wildman–Crippen MR) is 82.0 cm³/mol. The maximum absolute atomic E-state index is 6.20. The first-order chi connectivity index (χ1) is 9.13. The van der Waals surface area contributed by atoms with E-state index in [1.54, 1.807) is 0 Å². The van der Waals surface area contributed by atoms with E-state index in [4.69, 9.17) is 17.4 Å². The summed E-state index contributed by atoms with van der Waals surface area (Å²) in [7, 11) is 0. The Morgan fingerprint density at radius 2 is 2.11 bits per heavy atom. The van der Waals surface area contributed by atoms with Gasteiger partial charge in [-0.25, -0.2) is 15.8 Å². The number of hydrazine groups is 1. The molecule has 0 radical (unpaired) electrons. The van der Waals surface area contributed by atoms with Crippen LogP contribution in [0.15, 0.2) is 28.7 Å². The van der Waals surface area contributed by atoms with Gasteiger partial charge in [0.05, 0.1) is 5.02 Å². The molecule has 6 heteroatoms. The Morgan fingerprint density at radius 3 is 2.79 bits per heavy atom. The van der Waals surface area contributed by atoms with Crippen molar-refractivity contribution in [3.8, 4) is 11.4 Å². The third kappa shape index (κ3) is 3.43. The van der Waals surface area contributed by atoms with Crippen LogP contribution in [-0.4, -0.2) is 9.97 Å². The van der Waals surface area contributed by atoms with Crippen molar-refractivity contribution in [1.82, 2.24) is 9.97 Å². The molecule has 0 unspecified atom stereocenters. The van der Waals surface area contributed by atoms with Crippen LogP contribution in [0.4, 0.5) is 5.82 Å². The van der Waals surface area contributed by atoms with Gasteiger partial charge in [-0.3, -0.25) is 0 Å². The monoisotopic (exact) mass is 340 g/mol. The minimum absolute atomic E-state index is 0.574. The SMILES string of the molecule is CCCc1cc(NN)nc(-c2cc(Br)ccc2Cl)n1. The zero-order valence-corrected chi connectivity index (χ0v) is 12.8. The van der Waals surface area contributed by atoms with E-state index in [-0.39, 0.29) is 0 Å². The highest BCUT2D eigenvalue weighted by Crippen LogP contribution is 2.29. The Labute approximate surface area is 125 Å². The van der Waals surface area contributed by atoms with Crippen molar-refractivity contribution in [2.24, 2.45) is 5.84 Å². The van der Waals surface area contributed by atoms with E-state index >= 15 is 0 Å². The van der Waals surface area contributed by atoms with Crippen LogP contribution in [0.5, 0.6) is 0 Å². The maximum atomic E-state index is 6.20. The van der Waals surface area contributed by atoms with Gasteiger partial charge >= 0.3 is 0 Å². The molecule has 0 saturated heterocycles. The molecule has 1 aromatic carbocycles. The van der Waals surface area contributed by atoms with Crippen molar-refractivity contribution >= 4 is 33.3 Å². The summed E-state index contributed by atoms with van der Waals surface area (Å²) >= 11 is 9.63. The molecule has 0 aliphatic carbocycles. The summed E-state index contributed by atoms with van der Waals surface area (Å²) in [6, 6.07) is 7.43. The Balaban J connectivity index is 2.54. The minimum atomic E-state index is 0.574. The first kappa shape index (κ1) is 14.2. The minimum Gasteiger partial charge on any atom is -0.308 e. The van der Waals surface area contributed by atoms with Crippen molar-refractivity contribution in [2.45, 2.75) is 19.8 Å². The summed E-state index contributed by atoms with van der Waals surface area (Å²) < 4.78 is 0.929. The molecule has 0 saturated carbocycles. The molecule has 0 bridgehead atoms. The van der Waals surface area contributed by atoms with Crippen molar-refractivity contribution < 1.29 is 0 Å². The van der Waals surface area contributed by atoms with Gasteiger partial charge in [0, 0.05) is 21.8 Å². The number of rotatable bonds is 4. The number of nitrogens with one attached hydrogen (secondary N) is 1. The largest absolute Gasteiger partial charge is 0.308 e. The van der Waals surface area contributed by atoms with Gasteiger partial charge in [-0.1, -0.05) is 40.9 Å². The Morgan fingerprint density at radius 1 is 1.32 bits per heavy atom. The molecule has 1 aromatic heterocycles. The van der Waals surface area contributed by atoms with E-state index in [1.165, 1.54) is 0 Å². The van der Waals surface area contributed by atoms with Crippen molar-refractivity contribution in [1.29, 1.82) is 0 Å². The zero-order valence-electron chi connectivity index (χ0n) is 10.5. The highest BCUT2D eigenvalue weighted by Gasteiger charge is 2.10. The summed E-state index contributed by atoms with van der Waals surface area (Å²) in [4.78, 5) is 8.89. The van der Waals surface area contributed by atoms with Crippen LogP contribution in [0.25, 0.3) is 11.4 Å². The lowest BCUT2D eigenvalue weighted by Crippen LogP contribution is -2.10. The van der Waals surface area contributed by atoms with Crippen molar-refractivity contribution in [2.75, 3.05) is 5.43 Å². The number of hydrogen-bond donors (Lipinski definition) is 2. The third-order valence-electron chi connectivity index (χ3n) is 2.60. The molecule has 0 aliphatic rings. The average molecular weight is 342 g/mol. The molecular weight excluding hydrogens is 328 g/mol. The molecule has 4 nitrogen and oxygen atoms in total. The van der Waals surface area contributed by atoms with Crippen molar-refractivity contribution in [3.05, 3.63) is 39.5 Å². The van der Waals surface area contributed by atoms with Gasteiger partial charge in [-0.15, -0.1) is 0 Å². The molecule has 3 N–H and O–H groups in total. The smallest absolute Gasteiger partial charge is 0.163 e. The number of anilines is 1. The van der Waals surface area contributed by atoms with Crippen LogP contribution < -0.4 is 11.3 Å². The fourth-order valence-corrected chi connectivity index (χ4v) is 2.31. The molecule has 1 heterocycles. The summed E-state index contributed by atoms with van der Waals surface area (Å²) in [6.07, 6.45) is 1.88. The normalized spacial score (nSPS) is 10.5. The fraction of sp³-hybridized carbons (Fsp3) is 0.231. The number of benzene rings is 1. The number of halogens is 2. The fourth-order valence-electron chi connectivity index (χ4n) is 1.74. The van der Waals surface area contributed by atoms with Gasteiger partial charge in [-0.05, 0) is 24.6 Å². The number of nitrogens with zero attached hydrogens (tertiary/aromatic N) is 2. The quantitative estimate of drug-likeness (QED) is 0.656. The summed E-state index contributed by atoms with van der Waals surface area (Å²) in [5, 5.41) is 0.611. The molecule has 0 amide bonds. The van der Waals surface area contributed by atoms with E-state index in [0.29, 0.717) is 16.7 Å². The second-order valence-electron chi connectivity index (χ2n) is 4.09. The molecule has 2 aromatic rings. The molecule has 100 valence electrons. The van der Waals surface area contributed by atoms with E-state index in [1.807, 2.05) is 24.3 Å². The lowest BCUT2D eigenvalue weighted by atomic mass is 10.2. The number of aryl methyl sites for hydroxylation is 1. The second-order valence-corrected chi connectivity index (χ2v) is 5.41. The number of nitrogens with two attached hydrogens (primary N) is 1. The number of aromatic nitrogens is 2. The predicted octanol–water partition coefficient (Wildman–Crippen LogP) is 3.80. The molecule has 0 spiro atoms. The Kier molecular flexibility index (Phi) is 4.74. The van der Waals surface area contributed by atoms with Crippen molar-refractivity contribution in [3.63, 3.8) is 0 Å². The molecule has 0 aliphatic heterocycles. The molecular formula is C13H14BrClN4. The number of nitrogen functional groups attached to an aromatic ring is 1. The lowest BCUT2D eigenvalue weighted by Gasteiger charge is -2.09. The van der Waals surface area contributed by atoms with E-state index < -0.39 is 0 Å². The maximum Gasteiger partial charge on any atom is 0.163 e. The Hall–Kier alpha value is -1.17. The topological polar surface area (TPSA) is 63.8 Å². The molecule has 19 heavy (non-hydrogen) atoms. The summed E-state index contributed by atoms with van der Waals surface area (Å²) in [5.41, 5.74) is 4.29. The highest BCUT2D eigenvalue weighted by atomic mass is 79.9. The van der Waals surface area contributed by atoms with Crippen LogP contribution >= 0.6 is 27.5 Å². The van der Waals surface area contributed by atoms with Gasteiger partial charge in [0.2, 0.25) is 0 Å². The third-order valence-corrected chi connectivity index (χ3v) is 3.43. The van der Waals surface area contributed by atoms with Gasteiger partial charge < -0.3 is 5.43 Å². The number of hydrogen-bond acceptors (Lipinski definition) is 4. The van der Waals surface area contributed by atoms with Gasteiger partial charge in [0.25, 0.3) is 0 Å². The van der Waals surface area contributed by atoms with Crippen LogP contribution in [0.2, 0.25) is 5.02 Å². The van der Waals surface area contributed by atoms with E-state index in [2.05, 4.69) is 38.2 Å². The average Bonchev–Trinajstić information content (AvgIpc) is 2.41. The van der Waals surface area contributed by atoms with Crippen LogP contribution in [0.3, 0.4) is 0 Å². The Bertz CT molecular complexity index is 589. The van der Waals surface area contributed by atoms with Gasteiger partial charge in [-0.2, -0.15) is 0 Å². The van der Waals surface area contributed by atoms with Gasteiger partial charge in [0.15, 0.2) is 5.82 Å². The van der Waals surface area contributed by atoms with Gasteiger partial charge in [0.1, 0.15) is 5.82 Å². The first-order valence-corrected chi connectivity index (χ1v) is 7.11. The molecule has 0 fully saturated rings. The zero-order chi connectivity index (χ0) is 13.8. The summed E-state index contributed by atoms with van der Waals surface area (Å²) in [6.45, 7) is 2.10. The summed E-state index contributed by atoms with van der Waals surface area (Å²) in [5.74, 6) is 6.61. The standard InChI is InChI=1S/C13H14BrClN4/c1-2-3-9-7-12(19-16)18-13(17-9)10-6-8(14)4-5-11(10)15/h4-7H,2-3,16H2,1H3,(H,17,18,19). The lowest BCUT2D eigenvalue weighted by molar-refractivity contribution is 0.875. The first-order valence-electron chi connectivity index (χ1n) is 5.94. The molecule has 0 atom stereocenters. The highest BCUT2D eigenvalue weighted by molar-refractivity contribution is 9.10. The van der Waals surface area contributed by atoms with Crippen LogP contribution in [0.1, 0.15) is 19.0 Å². The van der Waals surface area contributed by atoms with Crippen LogP contribution in [-0.2, 0) is 6.42 Å². The van der Waals surface area contributed by atoms with Crippen LogP contribution in [0, 0.1) is 0 Å². The second kappa shape index (κ2) is 6.32.